The molecule has 1 heterocycles. The summed E-state index contributed by atoms with van der Waals surface area (Å²) in [5, 5.41) is -0.320. The molecular weight excluding hydrogens is 520 g/mol. The largest absolute Gasteiger partial charge is 0.376 e. The molecule has 5 rings (SSSR count). The van der Waals surface area contributed by atoms with Crippen molar-refractivity contribution in [2.75, 3.05) is 6.61 Å². The fraction of sp³-hybridized carbons (Fsp3) is 0.265. The van der Waals surface area contributed by atoms with Crippen LogP contribution in [0.15, 0.2) is 121 Å². The molecule has 206 valence electrons. The zero-order valence-electron chi connectivity index (χ0n) is 22.3. The van der Waals surface area contributed by atoms with Crippen molar-refractivity contribution in [3.63, 3.8) is 0 Å². The maximum Gasteiger partial charge on any atom is 0.220 e. The lowest BCUT2D eigenvalue weighted by atomic mass is 10.0. The van der Waals surface area contributed by atoms with Gasteiger partial charge in [-0.1, -0.05) is 133 Å². The minimum atomic E-state index is -0.778. The van der Waals surface area contributed by atoms with E-state index >= 15 is 0 Å². The monoisotopic (exact) mass is 554 g/mol. The number of ether oxygens (including phenoxy) is 4. The summed E-state index contributed by atoms with van der Waals surface area (Å²) in [4.78, 5) is 13.5. The number of hydrogen-bond donors (Lipinski definition) is 0. The Morgan fingerprint density at radius 1 is 0.500 bits per heavy atom. The van der Waals surface area contributed by atoms with Gasteiger partial charge in [0.2, 0.25) is 5.12 Å². The Morgan fingerprint density at radius 2 is 0.900 bits per heavy atom. The van der Waals surface area contributed by atoms with E-state index in [0.717, 1.165) is 22.3 Å². The Labute approximate surface area is 240 Å². The number of rotatable bonds is 13. The van der Waals surface area contributed by atoms with Gasteiger partial charge in [-0.3, -0.25) is 4.79 Å². The highest BCUT2D eigenvalue weighted by Gasteiger charge is 2.47. The third kappa shape index (κ3) is 8.13. The zero-order chi connectivity index (χ0) is 27.4. The Bertz CT molecular complexity index is 1290. The molecule has 1 aliphatic heterocycles. The molecule has 0 N–H and O–H groups in total. The van der Waals surface area contributed by atoms with E-state index in [0.29, 0.717) is 33.0 Å². The topological polar surface area (TPSA) is 54.0 Å². The number of benzene rings is 4. The van der Waals surface area contributed by atoms with E-state index in [4.69, 9.17) is 18.9 Å². The van der Waals surface area contributed by atoms with Gasteiger partial charge in [-0.15, -0.1) is 0 Å². The lowest BCUT2D eigenvalue weighted by molar-refractivity contribution is -0.166. The molecule has 0 aliphatic carbocycles. The molecule has 0 bridgehead atoms. The Kier molecular flexibility index (Phi) is 10.6. The zero-order valence-corrected chi connectivity index (χ0v) is 23.2. The van der Waals surface area contributed by atoms with E-state index in [1.807, 2.05) is 121 Å². The van der Waals surface area contributed by atoms with Gasteiger partial charge in [0.1, 0.15) is 12.2 Å². The molecule has 1 fully saturated rings. The van der Waals surface area contributed by atoms with Crippen molar-refractivity contribution in [1.82, 2.24) is 0 Å². The molecule has 40 heavy (non-hydrogen) atoms. The van der Waals surface area contributed by atoms with Gasteiger partial charge in [-0.25, -0.2) is 0 Å². The highest BCUT2D eigenvalue weighted by molar-refractivity contribution is 8.14. The molecule has 4 unspecified atom stereocenters. The minimum absolute atomic E-state index is 0.0677. The highest BCUT2D eigenvalue weighted by atomic mass is 32.2. The maximum absolute atomic E-state index is 13.5. The van der Waals surface area contributed by atoms with Crippen LogP contribution in [-0.2, 0) is 50.2 Å². The molecule has 1 aliphatic rings. The Morgan fingerprint density at radius 3 is 1.38 bits per heavy atom. The summed E-state index contributed by atoms with van der Waals surface area (Å²) in [6.07, 6.45) is -1.81. The number of carbonyl (C=O) groups is 1. The van der Waals surface area contributed by atoms with Crippen LogP contribution in [0.2, 0.25) is 0 Å². The van der Waals surface area contributed by atoms with Crippen LogP contribution in [0.25, 0.3) is 0 Å². The van der Waals surface area contributed by atoms with Crippen LogP contribution in [0, 0.1) is 0 Å². The van der Waals surface area contributed by atoms with Gasteiger partial charge in [0, 0.05) is 0 Å². The van der Waals surface area contributed by atoms with Crippen molar-refractivity contribution in [2.24, 2.45) is 0 Å². The molecular formula is C34H34O5S. The van der Waals surface area contributed by atoms with E-state index in [9.17, 15) is 4.79 Å². The van der Waals surface area contributed by atoms with Gasteiger partial charge in [-0.2, -0.15) is 0 Å². The normalized spacial score (nSPS) is 20.9. The quantitative estimate of drug-likeness (QED) is 0.186. The average molecular weight is 555 g/mol. The van der Waals surface area contributed by atoms with Gasteiger partial charge in [-0.05, 0) is 22.3 Å². The first-order valence-corrected chi connectivity index (χ1v) is 14.4. The molecule has 1 saturated heterocycles. The van der Waals surface area contributed by atoms with Gasteiger partial charge in [0.25, 0.3) is 0 Å². The van der Waals surface area contributed by atoms with E-state index in [1.54, 1.807) is 0 Å². The average Bonchev–Trinajstić information content (AvgIpc) is 3.01. The van der Waals surface area contributed by atoms with Crippen LogP contribution < -0.4 is 0 Å². The fourth-order valence-corrected chi connectivity index (χ4v) is 5.80. The second-order valence-corrected chi connectivity index (χ2v) is 11.0. The van der Waals surface area contributed by atoms with Crippen LogP contribution in [0.4, 0.5) is 0 Å². The van der Waals surface area contributed by atoms with Crippen molar-refractivity contribution in [2.45, 2.75) is 50.0 Å². The van der Waals surface area contributed by atoms with E-state index < -0.39 is 18.3 Å². The van der Waals surface area contributed by atoms with E-state index in [-0.39, 0.29) is 10.4 Å². The number of hydrogen-bond acceptors (Lipinski definition) is 6. The minimum Gasteiger partial charge on any atom is -0.376 e. The van der Waals surface area contributed by atoms with Crippen molar-refractivity contribution < 1.29 is 23.7 Å². The van der Waals surface area contributed by atoms with Crippen molar-refractivity contribution in [3.05, 3.63) is 144 Å². The van der Waals surface area contributed by atoms with E-state index in [2.05, 4.69) is 0 Å². The van der Waals surface area contributed by atoms with Crippen LogP contribution in [0.1, 0.15) is 22.3 Å². The first-order chi connectivity index (χ1) is 19.8. The molecule has 4 atom stereocenters. The Balaban J connectivity index is 1.36. The van der Waals surface area contributed by atoms with Gasteiger partial charge in [0.15, 0.2) is 6.10 Å². The second-order valence-electron chi connectivity index (χ2n) is 9.72. The molecule has 4 aromatic rings. The maximum atomic E-state index is 13.5. The molecule has 0 amide bonds. The summed E-state index contributed by atoms with van der Waals surface area (Å²) in [5.41, 5.74) is 4.15. The highest BCUT2D eigenvalue weighted by Crippen LogP contribution is 2.35. The second kappa shape index (κ2) is 14.9. The molecule has 0 radical (unpaired) electrons. The molecule has 5 nitrogen and oxygen atoms in total. The molecule has 0 aromatic heterocycles. The standard InChI is InChI=1S/C34H34O5S/c35-34-33(39-24-29-19-11-4-12-20-29)32(38-23-28-17-9-3-10-18-28)31(37-22-27-15-7-2-8-16-27)30(40-34)25-36-21-26-13-5-1-6-14-26/h1-20,30-33H,21-25H2. The third-order valence-electron chi connectivity index (χ3n) is 6.73. The molecule has 4 aromatic carbocycles. The lowest BCUT2D eigenvalue weighted by Gasteiger charge is -2.40. The first-order valence-electron chi connectivity index (χ1n) is 13.5. The van der Waals surface area contributed by atoms with Crippen molar-refractivity contribution >= 4 is 16.9 Å². The van der Waals surface area contributed by atoms with Crippen LogP contribution in [0.5, 0.6) is 0 Å². The summed E-state index contributed by atoms with van der Waals surface area (Å²) >= 11 is 1.24. The van der Waals surface area contributed by atoms with Crippen LogP contribution in [-0.4, -0.2) is 35.3 Å². The predicted octanol–water partition coefficient (Wildman–Crippen LogP) is 6.60. The molecule has 0 spiro atoms. The smallest absolute Gasteiger partial charge is 0.220 e. The third-order valence-corrected chi connectivity index (χ3v) is 7.90. The predicted molar refractivity (Wildman–Crippen MR) is 158 cm³/mol. The lowest BCUT2D eigenvalue weighted by Crippen LogP contribution is -2.55. The summed E-state index contributed by atoms with van der Waals surface area (Å²) in [7, 11) is 0. The summed E-state index contributed by atoms with van der Waals surface area (Å²) < 4.78 is 25.4. The summed E-state index contributed by atoms with van der Waals surface area (Å²) in [6.45, 7) is 1.86. The number of carbonyl (C=O) groups excluding carboxylic acids is 1. The Hall–Kier alpha value is -3.26. The molecule has 6 heteroatoms. The van der Waals surface area contributed by atoms with Gasteiger partial charge in [0.05, 0.1) is 38.3 Å². The van der Waals surface area contributed by atoms with Crippen molar-refractivity contribution in [3.8, 4) is 0 Å². The molecule has 0 saturated carbocycles. The van der Waals surface area contributed by atoms with Gasteiger partial charge < -0.3 is 18.9 Å². The van der Waals surface area contributed by atoms with E-state index in [1.165, 1.54) is 11.8 Å². The van der Waals surface area contributed by atoms with Crippen LogP contribution in [0.3, 0.4) is 0 Å². The SMILES string of the molecule is O=C1SC(COCc2ccccc2)C(OCc2ccccc2)C(OCc2ccccc2)C1OCc1ccccc1. The summed E-state index contributed by atoms with van der Waals surface area (Å²) in [6, 6.07) is 39.9. The van der Waals surface area contributed by atoms with Gasteiger partial charge >= 0.3 is 0 Å². The summed E-state index contributed by atoms with van der Waals surface area (Å²) in [5.74, 6) is 0. The number of thioether (sulfide) groups is 1. The van der Waals surface area contributed by atoms with Crippen molar-refractivity contribution in [1.29, 1.82) is 0 Å². The fourth-order valence-electron chi connectivity index (χ4n) is 4.64. The van der Waals surface area contributed by atoms with Crippen LogP contribution >= 0.6 is 11.8 Å². The first kappa shape index (κ1) is 28.3.